The van der Waals surface area contributed by atoms with E-state index in [0.717, 1.165) is 32.1 Å². The Bertz CT molecular complexity index is 345. The number of rotatable bonds is 7. The molecule has 0 spiro atoms. The summed E-state index contributed by atoms with van der Waals surface area (Å²) in [5.74, 6) is -0.660. The SMILES string of the molecule is CCCC(C)(CCCc1ccccc1)C(=O)O. The Balaban J connectivity index is 2.45. The van der Waals surface area contributed by atoms with E-state index in [4.69, 9.17) is 0 Å². The van der Waals surface area contributed by atoms with Gasteiger partial charge in [0.25, 0.3) is 0 Å². The van der Waals surface area contributed by atoms with Crippen molar-refractivity contribution in [2.75, 3.05) is 0 Å². The van der Waals surface area contributed by atoms with Crippen LogP contribution in [-0.4, -0.2) is 11.1 Å². The van der Waals surface area contributed by atoms with Gasteiger partial charge in [0.05, 0.1) is 5.41 Å². The van der Waals surface area contributed by atoms with Gasteiger partial charge >= 0.3 is 5.97 Å². The van der Waals surface area contributed by atoms with E-state index in [2.05, 4.69) is 12.1 Å². The Morgan fingerprint density at radius 2 is 1.88 bits per heavy atom. The molecule has 2 heteroatoms. The summed E-state index contributed by atoms with van der Waals surface area (Å²) in [4.78, 5) is 11.3. The van der Waals surface area contributed by atoms with Crippen LogP contribution in [0.4, 0.5) is 0 Å². The first-order valence-corrected chi connectivity index (χ1v) is 6.36. The maximum absolute atomic E-state index is 11.3. The van der Waals surface area contributed by atoms with E-state index in [1.165, 1.54) is 5.56 Å². The van der Waals surface area contributed by atoms with Crippen molar-refractivity contribution in [2.24, 2.45) is 5.41 Å². The van der Waals surface area contributed by atoms with Crippen LogP contribution in [0.5, 0.6) is 0 Å². The Labute approximate surface area is 104 Å². The van der Waals surface area contributed by atoms with Crippen LogP contribution in [-0.2, 0) is 11.2 Å². The van der Waals surface area contributed by atoms with Crippen molar-refractivity contribution in [1.82, 2.24) is 0 Å². The van der Waals surface area contributed by atoms with E-state index < -0.39 is 11.4 Å². The third kappa shape index (κ3) is 4.22. The summed E-state index contributed by atoms with van der Waals surface area (Å²) >= 11 is 0. The quantitative estimate of drug-likeness (QED) is 0.777. The van der Waals surface area contributed by atoms with Crippen LogP contribution in [0.1, 0.15) is 45.1 Å². The second kappa shape index (κ2) is 6.43. The highest BCUT2D eigenvalue weighted by Gasteiger charge is 2.31. The van der Waals surface area contributed by atoms with Crippen molar-refractivity contribution in [1.29, 1.82) is 0 Å². The Kier molecular flexibility index (Phi) is 5.20. The molecule has 1 atom stereocenters. The Morgan fingerprint density at radius 1 is 1.24 bits per heavy atom. The molecule has 0 saturated heterocycles. The lowest BCUT2D eigenvalue weighted by Gasteiger charge is -2.24. The Morgan fingerprint density at radius 3 is 2.41 bits per heavy atom. The van der Waals surface area contributed by atoms with Crippen LogP contribution in [0.3, 0.4) is 0 Å². The molecular weight excluding hydrogens is 212 g/mol. The summed E-state index contributed by atoms with van der Waals surface area (Å²) in [6.45, 7) is 3.90. The number of benzene rings is 1. The Hall–Kier alpha value is -1.31. The minimum Gasteiger partial charge on any atom is -0.481 e. The van der Waals surface area contributed by atoms with Gasteiger partial charge in [-0.15, -0.1) is 0 Å². The van der Waals surface area contributed by atoms with E-state index in [1.807, 2.05) is 32.0 Å². The summed E-state index contributed by atoms with van der Waals surface area (Å²) in [5, 5.41) is 9.26. The fourth-order valence-corrected chi connectivity index (χ4v) is 2.22. The van der Waals surface area contributed by atoms with Gasteiger partial charge in [-0.1, -0.05) is 43.7 Å². The largest absolute Gasteiger partial charge is 0.481 e. The van der Waals surface area contributed by atoms with Gasteiger partial charge in [0.2, 0.25) is 0 Å². The van der Waals surface area contributed by atoms with Crippen LogP contribution >= 0.6 is 0 Å². The molecule has 1 N–H and O–H groups in total. The first-order valence-electron chi connectivity index (χ1n) is 6.36. The smallest absolute Gasteiger partial charge is 0.309 e. The number of aliphatic carboxylic acids is 1. The van der Waals surface area contributed by atoms with E-state index in [1.54, 1.807) is 0 Å². The van der Waals surface area contributed by atoms with Crippen molar-refractivity contribution >= 4 is 5.97 Å². The van der Waals surface area contributed by atoms with Gasteiger partial charge in [-0.3, -0.25) is 4.79 Å². The molecule has 17 heavy (non-hydrogen) atoms. The van der Waals surface area contributed by atoms with E-state index >= 15 is 0 Å². The van der Waals surface area contributed by atoms with Gasteiger partial charge < -0.3 is 5.11 Å². The van der Waals surface area contributed by atoms with Crippen LogP contribution in [0.2, 0.25) is 0 Å². The highest BCUT2D eigenvalue weighted by atomic mass is 16.4. The predicted octanol–water partition coefficient (Wildman–Crippen LogP) is 3.90. The molecule has 0 heterocycles. The zero-order chi connectivity index (χ0) is 12.7. The van der Waals surface area contributed by atoms with Crippen molar-refractivity contribution in [2.45, 2.75) is 46.0 Å². The third-order valence-corrected chi connectivity index (χ3v) is 3.35. The fraction of sp³-hybridized carbons (Fsp3) is 0.533. The lowest BCUT2D eigenvalue weighted by Crippen LogP contribution is -2.27. The molecule has 0 aliphatic carbocycles. The van der Waals surface area contributed by atoms with Crippen molar-refractivity contribution < 1.29 is 9.90 Å². The summed E-state index contributed by atoms with van der Waals surface area (Å²) in [6.07, 6.45) is 4.34. The number of hydrogen-bond acceptors (Lipinski definition) is 1. The zero-order valence-corrected chi connectivity index (χ0v) is 10.8. The second-order valence-electron chi connectivity index (χ2n) is 4.95. The molecule has 1 aromatic carbocycles. The van der Waals surface area contributed by atoms with Gasteiger partial charge in [0, 0.05) is 0 Å². The average molecular weight is 234 g/mol. The lowest BCUT2D eigenvalue weighted by molar-refractivity contribution is -0.148. The maximum atomic E-state index is 11.3. The zero-order valence-electron chi connectivity index (χ0n) is 10.8. The van der Waals surface area contributed by atoms with Crippen molar-refractivity contribution in [3.05, 3.63) is 35.9 Å². The maximum Gasteiger partial charge on any atom is 0.309 e. The highest BCUT2D eigenvalue weighted by Crippen LogP contribution is 2.30. The van der Waals surface area contributed by atoms with E-state index in [9.17, 15) is 9.90 Å². The highest BCUT2D eigenvalue weighted by molar-refractivity contribution is 5.74. The molecule has 0 aliphatic heterocycles. The molecule has 0 bridgehead atoms. The molecule has 2 nitrogen and oxygen atoms in total. The van der Waals surface area contributed by atoms with Gasteiger partial charge in [-0.25, -0.2) is 0 Å². The molecule has 1 unspecified atom stereocenters. The van der Waals surface area contributed by atoms with Crippen molar-refractivity contribution in [3.8, 4) is 0 Å². The molecule has 0 aromatic heterocycles. The minimum absolute atomic E-state index is 0.552. The molecule has 0 amide bonds. The van der Waals surface area contributed by atoms with Crippen LogP contribution in [0.15, 0.2) is 30.3 Å². The summed E-state index contributed by atoms with van der Waals surface area (Å²) in [7, 11) is 0. The van der Waals surface area contributed by atoms with E-state index in [0.29, 0.717) is 0 Å². The second-order valence-corrected chi connectivity index (χ2v) is 4.95. The number of carboxylic acid groups (broad SMARTS) is 1. The molecular formula is C15H22O2. The number of carboxylic acids is 1. The van der Waals surface area contributed by atoms with Gasteiger partial charge in [-0.05, 0) is 38.2 Å². The third-order valence-electron chi connectivity index (χ3n) is 3.35. The van der Waals surface area contributed by atoms with Crippen LogP contribution < -0.4 is 0 Å². The summed E-state index contributed by atoms with van der Waals surface area (Å²) < 4.78 is 0. The molecule has 0 radical (unpaired) electrons. The van der Waals surface area contributed by atoms with Crippen molar-refractivity contribution in [3.63, 3.8) is 0 Å². The molecule has 0 aliphatic rings. The number of hydrogen-bond donors (Lipinski definition) is 1. The number of carbonyl (C=O) groups is 1. The fourth-order valence-electron chi connectivity index (χ4n) is 2.22. The first kappa shape index (κ1) is 13.8. The number of aryl methyl sites for hydroxylation is 1. The standard InChI is InChI=1S/C15H22O2/c1-3-11-15(2,14(16)17)12-7-10-13-8-5-4-6-9-13/h4-6,8-9H,3,7,10-12H2,1-2H3,(H,16,17). The van der Waals surface area contributed by atoms with E-state index in [-0.39, 0.29) is 0 Å². The van der Waals surface area contributed by atoms with Gasteiger partial charge in [0.1, 0.15) is 0 Å². The lowest BCUT2D eigenvalue weighted by atomic mass is 9.80. The predicted molar refractivity (Wildman–Crippen MR) is 70.0 cm³/mol. The molecule has 0 saturated carbocycles. The molecule has 1 aromatic rings. The topological polar surface area (TPSA) is 37.3 Å². The molecule has 94 valence electrons. The van der Waals surface area contributed by atoms with Crippen LogP contribution in [0.25, 0.3) is 0 Å². The minimum atomic E-state index is -0.660. The molecule has 1 rings (SSSR count). The monoisotopic (exact) mass is 234 g/mol. The summed E-state index contributed by atoms with van der Waals surface area (Å²) in [6, 6.07) is 10.2. The van der Waals surface area contributed by atoms with Gasteiger partial charge in [-0.2, -0.15) is 0 Å². The normalized spacial score (nSPS) is 14.2. The van der Waals surface area contributed by atoms with Gasteiger partial charge in [0.15, 0.2) is 0 Å². The average Bonchev–Trinajstić information content (AvgIpc) is 2.30. The summed E-state index contributed by atoms with van der Waals surface area (Å²) in [5.41, 5.74) is 0.737. The molecule has 0 fully saturated rings. The van der Waals surface area contributed by atoms with Crippen LogP contribution in [0, 0.1) is 5.41 Å². The first-order chi connectivity index (χ1) is 8.08.